The zero-order valence-electron chi connectivity index (χ0n) is 14.0. The minimum absolute atomic E-state index is 0.0565. The zero-order valence-corrected chi connectivity index (χ0v) is 14.0. The molecule has 0 spiro atoms. The van der Waals surface area contributed by atoms with Gasteiger partial charge in [0.2, 0.25) is 5.91 Å². The first-order valence-electron chi connectivity index (χ1n) is 8.31. The second-order valence-electron chi connectivity index (χ2n) is 6.54. The molecule has 0 aliphatic carbocycles. The molecule has 2 aromatic rings. The Morgan fingerprint density at radius 3 is 2.50 bits per heavy atom. The quantitative estimate of drug-likeness (QED) is 0.909. The van der Waals surface area contributed by atoms with Gasteiger partial charge in [-0.15, -0.1) is 0 Å². The molecule has 0 bridgehead atoms. The van der Waals surface area contributed by atoms with Crippen molar-refractivity contribution < 1.29 is 9.59 Å². The third-order valence-electron chi connectivity index (χ3n) is 4.24. The summed E-state index contributed by atoms with van der Waals surface area (Å²) >= 11 is 0. The Morgan fingerprint density at radius 2 is 1.88 bits per heavy atom. The summed E-state index contributed by atoms with van der Waals surface area (Å²) < 4.78 is 0. The summed E-state index contributed by atoms with van der Waals surface area (Å²) in [5.41, 5.74) is 3.91. The van der Waals surface area contributed by atoms with Gasteiger partial charge < -0.3 is 10.6 Å². The van der Waals surface area contributed by atoms with Gasteiger partial charge in [-0.1, -0.05) is 36.4 Å². The van der Waals surface area contributed by atoms with Gasteiger partial charge >= 0.3 is 0 Å². The lowest BCUT2D eigenvalue weighted by atomic mass is 9.95. The van der Waals surface area contributed by atoms with Crippen molar-refractivity contribution in [3.8, 4) is 11.1 Å². The Morgan fingerprint density at radius 1 is 1.12 bits per heavy atom. The van der Waals surface area contributed by atoms with Crippen molar-refractivity contribution in [2.45, 2.75) is 32.2 Å². The van der Waals surface area contributed by atoms with Crippen LogP contribution >= 0.6 is 0 Å². The molecule has 24 heavy (non-hydrogen) atoms. The molecular weight excluding hydrogens is 300 g/mol. The largest absolute Gasteiger partial charge is 0.355 e. The van der Waals surface area contributed by atoms with Gasteiger partial charge in [-0.2, -0.15) is 0 Å². The van der Waals surface area contributed by atoms with Crippen molar-refractivity contribution in [2.24, 2.45) is 0 Å². The molecule has 1 heterocycles. The average molecular weight is 322 g/mol. The van der Waals surface area contributed by atoms with Gasteiger partial charge in [0, 0.05) is 30.5 Å². The molecule has 4 heteroatoms. The molecule has 3 rings (SSSR count). The van der Waals surface area contributed by atoms with Crippen molar-refractivity contribution in [3.63, 3.8) is 0 Å². The molecule has 1 saturated heterocycles. The highest BCUT2D eigenvalue weighted by atomic mass is 16.2. The van der Waals surface area contributed by atoms with Crippen molar-refractivity contribution >= 4 is 11.8 Å². The first kappa shape index (κ1) is 16.2. The summed E-state index contributed by atoms with van der Waals surface area (Å²) in [6.45, 7) is 4.61. The van der Waals surface area contributed by atoms with E-state index in [0.717, 1.165) is 11.1 Å². The van der Waals surface area contributed by atoms with Crippen LogP contribution in [0.3, 0.4) is 0 Å². The number of hydrogen-bond donors (Lipinski definition) is 2. The van der Waals surface area contributed by atoms with Crippen LogP contribution in [0.15, 0.2) is 48.5 Å². The van der Waals surface area contributed by atoms with Crippen LogP contribution in [0.25, 0.3) is 11.1 Å². The van der Waals surface area contributed by atoms with E-state index in [-0.39, 0.29) is 23.8 Å². The number of rotatable bonds is 4. The maximum atomic E-state index is 12.1. The summed E-state index contributed by atoms with van der Waals surface area (Å²) in [6.07, 6.45) is 0.560. The highest BCUT2D eigenvalue weighted by Gasteiger charge is 2.22. The van der Waals surface area contributed by atoms with Gasteiger partial charge in [0.1, 0.15) is 0 Å². The molecule has 124 valence electrons. The van der Waals surface area contributed by atoms with Crippen molar-refractivity contribution in [1.82, 2.24) is 10.6 Å². The van der Waals surface area contributed by atoms with Crippen LogP contribution in [0.1, 0.15) is 42.1 Å². The van der Waals surface area contributed by atoms with E-state index in [0.29, 0.717) is 18.5 Å². The molecule has 1 atom stereocenters. The van der Waals surface area contributed by atoms with Crippen molar-refractivity contribution in [1.29, 1.82) is 0 Å². The molecule has 2 N–H and O–H groups in total. The molecular formula is C20H22N2O2. The van der Waals surface area contributed by atoms with E-state index < -0.39 is 0 Å². The maximum Gasteiger partial charge on any atom is 0.251 e. The maximum absolute atomic E-state index is 12.1. The van der Waals surface area contributed by atoms with Gasteiger partial charge in [0.25, 0.3) is 5.91 Å². The molecule has 1 fully saturated rings. The van der Waals surface area contributed by atoms with Crippen LogP contribution in [0, 0.1) is 0 Å². The number of amides is 2. The molecule has 0 saturated carbocycles. The topological polar surface area (TPSA) is 58.2 Å². The number of carbonyl (C=O) groups excluding carboxylic acids is 2. The Hall–Kier alpha value is -2.62. The van der Waals surface area contributed by atoms with E-state index in [9.17, 15) is 9.59 Å². The third kappa shape index (κ3) is 3.65. The van der Waals surface area contributed by atoms with Gasteiger partial charge in [-0.3, -0.25) is 9.59 Å². The number of nitrogens with one attached hydrogen (secondary N) is 2. The lowest BCUT2D eigenvalue weighted by molar-refractivity contribution is -0.119. The lowest BCUT2D eigenvalue weighted by Gasteiger charge is -2.11. The van der Waals surface area contributed by atoms with E-state index in [1.807, 2.05) is 38.1 Å². The van der Waals surface area contributed by atoms with E-state index in [1.54, 1.807) is 0 Å². The predicted octanol–water partition coefficient (Wildman–Crippen LogP) is 3.10. The number of carbonyl (C=O) groups is 2. The predicted molar refractivity (Wildman–Crippen MR) is 94.8 cm³/mol. The fourth-order valence-electron chi connectivity index (χ4n) is 2.97. The van der Waals surface area contributed by atoms with Crippen LogP contribution in [-0.2, 0) is 4.79 Å². The minimum Gasteiger partial charge on any atom is -0.355 e. The molecule has 1 aliphatic rings. The minimum atomic E-state index is -0.0565. The lowest BCUT2D eigenvalue weighted by Crippen LogP contribution is -2.30. The Kier molecular flexibility index (Phi) is 4.65. The Balaban J connectivity index is 1.79. The monoisotopic (exact) mass is 322 g/mol. The standard InChI is InChI=1S/C20H22N2O2/c1-13(2)22-20(24)17-5-3-4-16(10-17)14-6-8-15(9-7-14)18-11-19(23)21-12-18/h3-10,13,18H,11-12H2,1-2H3,(H,21,23)(H,22,24). The second-order valence-corrected chi connectivity index (χ2v) is 6.54. The summed E-state index contributed by atoms with van der Waals surface area (Å²) in [6, 6.07) is 16.0. The van der Waals surface area contributed by atoms with Gasteiger partial charge in [-0.25, -0.2) is 0 Å². The Labute approximate surface area is 142 Å². The molecule has 0 aromatic heterocycles. The van der Waals surface area contributed by atoms with E-state index in [2.05, 4.69) is 34.9 Å². The summed E-state index contributed by atoms with van der Waals surface area (Å²) in [5, 5.41) is 5.78. The molecule has 0 radical (unpaired) electrons. The Bertz CT molecular complexity index is 750. The van der Waals surface area contributed by atoms with Crippen LogP contribution in [-0.4, -0.2) is 24.4 Å². The van der Waals surface area contributed by atoms with E-state index in [4.69, 9.17) is 0 Å². The summed E-state index contributed by atoms with van der Waals surface area (Å²) in [7, 11) is 0. The number of hydrogen-bond acceptors (Lipinski definition) is 2. The first-order valence-corrected chi connectivity index (χ1v) is 8.31. The van der Waals surface area contributed by atoms with E-state index in [1.165, 1.54) is 5.56 Å². The fourth-order valence-corrected chi connectivity index (χ4v) is 2.97. The first-order chi connectivity index (χ1) is 11.5. The molecule has 1 aliphatic heterocycles. The zero-order chi connectivity index (χ0) is 17.1. The van der Waals surface area contributed by atoms with Crippen LogP contribution < -0.4 is 10.6 Å². The van der Waals surface area contributed by atoms with Crippen LogP contribution in [0.5, 0.6) is 0 Å². The summed E-state index contributed by atoms with van der Waals surface area (Å²) in [5.74, 6) is 0.321. The third-order valence-corrected chi connectivity index (χ3v) is 4.24. The molecule has 2 amide bonds. The second kappa shape index (κ2) is 6.87. The molecule has 2 aromatic carbocycles. The smallest absolute Gasteiger partial charge is 0.251 e. The highest BCUT2D eigenvalue weighted by molar-refractivity contribution is 5.95. The van der Waals surface area contributed by atoms with Crippen molar-refractivity contribution in [3.05, 3.63) is 59.7 Å². The average Bonchev–Trinajstić information content (AvgIpc) is 3.01. The molecule has 4 nitrogen and oxygen atoms in total. The van der Waals surface area contributed by atoms with Crippen molar-refractivity contribution in [2.75, 3.05) is 6.54 Å². The van der Waals surface area contributed by atoms with Gasteiger partial charge in [0.05, 0.1) is 0 Å². The molecule has 1 unspecified atom stereocenters. The van der Waals surface area contributed by atoms with E-state index >= 15 is 0 Å². The number of benzene rings is 2. The highest BCUT2D eigenvalue weighted by Crippen LogP contribution is 2.27. The van der Waals surface area contributed by atoms with Gasteiger partial charge in [0.15, 0.2) is 0 Å². The summed E-state index contributed by atoms with van der Waals surface area (Å²) in [4.78, 5) is 23.5. The normalized spacial score (nSPS) is 17.0. The fraction of sp³-hybridized carbons (Fsp3) is 0.300. The van der Waals surface area contributed by atoms with Crippen LogP contribution in [0.2, 0.25) is 0 Å². The van der Waals surface area contributed by atoms with Gasteiger partial charge in [-0.05, 0) is 42.7 Å². The SMILES string of the molecule is CC(C)NC(=O)c1cccc(-c2ccc(C3CNC(=O)C3)cc2)c1. The van der Waals surface area contributed by atoms with Crippen LogP contribution in [0.4, 0.5) is 0 Å².